The smallest absolute Gasteiger partial charge is 0.317 e. The highest BCUT2D eigenvalue weighted by Crippen LogP contribution is 2.22. The van der Waals surface area contributed by atoms with Crippen molar-refractivity contribution in [1.82, 2.24) is 25.3 Å². The lowest BCUT2D eigenvalue weighted by atomic mass is 9.98. The van der Waals surface area contributed by atoms with Crippen LogP contribution in [0.1, 0.15) is 13.8 Å². The summed E-state index contributed by atoms with van der Waals surface area (Å²) >= 11 is 0. The molecule has 0 aliphatic carbocycles. The van der Waals surface area contributed by atoms with E-state index in [1.165, 1.54) is 0 Å². The topological polar surface area (TPSA) is 67.9 Å². The van der Waals surface area contributed by atoms with Gasteiger partial charge in [-0.3, -0.25) is 9.69 Å². The molecule has 0 spiro atoms. The van der Waals surface area contributed by atoms with Crippen LogP contribution in [0.4, 0.5) is 4.79 Å². The number of carbonyl (C=O) groups excluding carboxylic acids is 2. The van der Waals surface area contributed by atoms with Gasteiger partial charge in [0.25, 0.3) is 0 Å². The Morgan fingerprint density at radius 2 is 1.90 bits per heavy atom. The summed E-state index contributed by atoms with van der Waals surface area (Å²) in [4.78, 5) is 30.6. The van der Waals surface area contributed by atoms with Crippen molar-refractivity contribution in [3.63, 3.8) is 0 Å². The first-order valence-electron chi connectivity index (χ1n) is 7.80. The van der Waals surface area contributed by atoms with Gasteiger partial charge in [-0.25, -0.2) is 4.79 Å². The van der Waals surface area contributed by atoms with Crippen molar-refractivity contribution in [3.8, 4) is 0 Å². The summed E-state index contributed by atoms with van der Waals surface area (Å²) in [6, 6.07) is 0.141. The van der Waals surface area contributed by atoms with Gasteiger partial charge in [-0.2, -0.15) is 0 Å². The molecule has 0 bridgehead atoms. The summed E-state index contributed by atoms with van der Waals surface area (Å²) in [7, 11) is 0. The summed E-state index contributed by atoms with van der Waals surface area (Å²) in [5, 5.41) is 6.17. The van der Waals surface area contributed by atoms with Gasteiger partial charge < -0.3 is 20.4 Å². The number of rotatable bonds is 2. The predicted molar refractivity (Wildman–Crippen MR) is 79.0 cm³/mol. The number of fused-ring (bicyclic) bond motifs is 1. The quantitative estimate of drug-likeness (QED) is 0.679. The average Bonchev–Trinajstić information content (AvgIpc) is 2.88. The minimum Gasteiger partial charge on any atom is -0.337 e. The van der Waals surface area contributed by atoms with Gasteiger partial charge in [0.05, 0.1) is 11.6 Å². The standard InChI is InChI=1S/C14H25N5O2/c1-14(2,18-5-3-15-4-6-18)12(20)17-7-8-19-11(10-17)9-16-13(19)21/h11,15H,3-10H2,1-2H3,(H,16,21). The first kappa shape index (κ1) is 14.6. The Bertz CT molecular complexity index is 433. The minimum absolute atomic E-state index is 0.00784. The molecule has 7 heteroatoms. The van der Waals surface area contributed by atoms with Gasteiger partial charge in [0.15, 0.2) is 0 Å². The third-order valence-corrected chi connectivity index (χ3v) is 4.95. The van der Waals surface area contributed by atoms with Crippen LogP contribution in [0.25, 0.3) is 0 Å². The van der Waals surface area contributed by atoms with Gasteiger partial charge in [0.2, 0.25) is 5.91 Å². The van der Waals surface area contributed by atoms with E-state index < -0.39 is 5.54 Å². The van der Waals surface area contributed by atoms with Crippen LogP contribution in [0.5, 0.6) is 0 Å². The molecule has 2 N–H and O–H groups in total. The van der Waals surface area contributed by atoms with Crippen molar-refractivity contribution in [1.29, 1.82) is 0 Å². The number of hydrogen-bond acceptors (Lipinski definition) is 4. The summed E-state index contributed by atoms with van der Waals surface area (Å²) in [5.74, 6) is 0.184. The fourth-order valence-electron chi connectivity index (χ4n) is 3.53. The highest BCUT2D eigenvalue weighted by atomic mass is 16.2. The molecule has 21 heavy (non-hydrogen) atoms. The molecule has 118 valence electrons. The maximum absolute atomic E-state index is 12.9. The van der Waals surface area contributed by atoms with Gasteiger partial charge >= 0.3 is 6.03 Å². The number of carbonyl (C=O) groups is 2. The number of urea groups is 1. The average molecular weight is 295 g/mol. The third kappa shape index (κ3) is 2.60. The monoisotopic (exact) mass is 295 g/mol. The van der Waals surface area contributed by atoms with Crippen LogP contribution in [0.15, 0.2) is 0 Å². The summed E-state index contributed by atoms with van der Waals surface area (Å²) < 4.78 is 0. The molecule has 3 saturated heterocycles. The van der Waals surface area contributed by atoms with E-state index >= 15 is 0 Å². The van der Waals surface area contributed by atoms with E-state index in [2.05, 4.69) is 15.5 Å². The summed E-state index contributed by atoms with van der Waals surface area (Å²) in [5.41, 5.74) is -0.472. The molecule has 0 radical (unpaired) electrons. The molecule has 1 unspecified atom stereocenters. The first-order chi connectivity index (χ1) is 10.00. The Kier molecular flexibility index (Phi) is 3.79. The lowest BCUT2D eigenvalue weighted by Gasteiger charge is -2.45. The van der Waals surface area contributed by atoms with Gasteiger partial charge in [-0.1, -0.05) is 0 Å². The molecule has 0 aromatic rings. The summed E-state index contributed by atoms with van der Waals surface area (Å²) in [6.45, 7) is 10.3. The Balaban J connectivity index is 1.66. The highest BCUT2D eigenvalue weighted by Gasteiger charge is 2.42. The maximum atomic E-state index is 12.9. The maximum Gasteiger partial charge on any atom is 0.317 e. The second-order valence-electron chi connectivity index (χ2n) is 6.58. The SMILES string of the molecule is CC(C)(C(=O)N1CCN2C(=O)NCC2C1)N1CCNCC1. The van der Waals surface area contributed by atoms with E-state index in [0.717, 1.165) is 26.2 Å². The van der Waals surface area contributed by atoms with Crippen LogP contribution >= 0.6 is 0 Å². The molecule has 7 nitrogen and oxygen atoms in total. The molecule has 0 aromatic heterocycles. The number of nitrogens with one attached hydrogen (secondary N) is 2. The molecule has 0 aromatic carbocycles. The number of hydrogen-bond donors (Lipinski definition) is 2. The lowest BCUT2D eigenvalue weighted by molar-refractivity contribution is -0.145. The molecule has 3 amide bonds. The van der Waals surface area contributed by atoms with Gasteiger partial charge in [-0.05, 0) is 13.8 Å². The van der Waals surface area contributed by atoms with E-state index in [1.807, 2.05) is 23.6 Å². The Hall–Kier alpha value is -1.34. The van der Waals surface area contributed by atoms with Crippen molar-refractivity contribution >= 4 is 11.9 Å². The molecule has 3 aliphatic rings. The molecule has 3 rings (SSSR count). The van der Waals surface area contributed by atoms with Crippen LogP contribution in [0, 0.1) is 0 Å². The van der Waals surface area contributed by atoms with E-state index in [9.17, 15) is 9.59 Å². The minimum atomic E-state index is -0.472. The highest BCUT2D eigenvalue weighted by molar-refractivity contribution is 5.86. The fraction of sp³-hybridized carbons (Fsp3) is 0.857. The first-order valence-corrected chi connectivity index (χ1v) is 7.80. The Morgan fingerprint density at radius 1 is 1.19 bits per heavy atom. The van der Waals surface area contributed by atoms with Crippen LogP contribution in [0.3, 0.4) is 0 Å². The molecular weight excluding hydrogens is 270 g/mol. The van der Waals surface area contributed by atoms with E-state index in [4.69, 9.17) is 0 Å². The lowest BCUT2D eigenvalue weighted by Crippen LogP contribution is -2.64. The largest absolute Gasteiger partial charge is 0.337 e. The van der Waals surface area contributed by atoms with Crippen LogP contribution < -0.4 is 10.6 Å². The Labute approximate surface area is 125 Å². The molecule has 1 atom stereocenters. The molecule has 3 fully saturated rings. The fourth-order valence-corrected chi connectivity index (χ4v) is 3.53. The second kappa shape index (κ2) is 5.46. The molecular formula is C14H25N5O2. The van der Waals surface area contributed by atoms with Gasteiger partial charge in [-0.15, -0.1) is 0 Å². The predicted octanol–water partition coefficient (Wildman–Crippen LogP) is -1.09. The molecule has 3 heterocycles. The number of amides is 3. The van der Waals surface area contributed by atoms with Gasteiger partial charge in [0, 0.05) is 52.4 Å². The van der Waals surface area contributed by atoms with Crippen LogP contribution in [-0.4, -0.2) is 90.6 Å². The van der Waals surface area contributed by atoms with Crippen LogP contribution in [-0.2, 0) is 4.79 Å². The van der Waals surface area contributed by atoms with E-state index in [1.54, 1.807) is 0 Å². The van der Waals surface area contributed by atoms with E-state index in [0.29, 0.717) is 26.2 Å². The third-order valence-electron chi connectivity index (χ3n) is 4.95. The van der Waals surface area contributed by atoms with Crippen molar-refractivity contribution in [2.45, 2.75) is 25.4 Å². The van der Waals surface area contributed by atoms with Crippen molar-refractivity contribution in [3.05, 3.63) is 0 Å². The summed E-state index contributed by atoms with van der Waals surface area (Å²) in [6.07, 6.45) is 0. The zero-order valence-electron chi connectivity index (χ0n) is 12.9. The number of nitrogens with zero attached hydrogens (tertiary/aromatic N) is 3. The van der Waals surface area contributed by atoms with Gasteiger partial charge in [0.1, 0.15) is 0 Å². The molecule has 0 saturated carbocycles. The van der Waals surface area contributed by atoms with Crippen molar-refractivity contribution in [2.75, 3.05) is 52.4 Å². The van der Waals surface area contributed by atoms with Crippen LogP contribution in [0.2, 0.25) is 0 Å². The van der Waals surface area contributed by atoms with E-state index in [-0.39, 0.29) is 18.0 Å². The normalized spacial score (nSPS) is 27.5. The zero-order chi connectivity index (χ0) is 15.0. The second-order valence-corrected chi connectivity index (χ2v) is 6.58. The Morgan fingerprint density at radius 3 is 2.62 bits per heavy atom. The zero-order valence-corrected chi connectivity index (χ0v) is 12.9. The number of piperazine rings is 2. The molecule has 3 aliphatic heterocycles. The van der Waals surface area contributed by atoms with Crippen molar-refractivity contribution < 1.29 is 9.59 Å². The van der Waals surface area contributed by atoms with Crippen molar-refractivity contribution in [2.24, 2.45) is 0 Å².